The summed E-state index contributed by atoms with van der Waals surface area (Å²) in [7, 11) is 0. The van der Waals surface area contributed by atoms with Crippen molar-refractivity contribution in [2.75, 3.05) is 0 Å². The van der Waals surface area contributed by atoms with Gasteiger partial charge in [-0.1, -0.05) is 97.9 Å². The fourth-order valence-electron chi connectivity index (χ4n) is 9.15. The number of rotatable bonds is 6. The van der Waals surface area contributed by atoms with Crippen LogP contribution < -0.4 is 0 Å². The fourth-order valence-corrected chi connectivity index (χ4v) is 9.15. The van der Waals surface area contributed by atoms with Gasteiger partial charge < -0.3 is 15.3 Å². The summed E-state index contributed by atoms with van der Waals surface area (Å²) in [5.41, 5.74) is -4.69. The molecule has 0 heterocycles. The predicted molar refractivity (Wildman–Crippen MR) is 170 cm³/mol. The lowest BCUT2D eigenvalue weighted by Crippen LogP contribution is -2.63. The molecule has 3 fully saturated rings. The van der Waals surface area contributed by atoms with Crippen LogP contribution in [-0.4, -0.2) is 49.5 Å². The molecule has 4 aliphatic carbocycles. The number of benzene rings is 3. The number of hydrogen-bond donors (Lipinski definition) is 3. The first-order chi connectivity index (χ1) is 21.5. The van der Waals surface area contributed by atoms with Gasteiger partial charge in [-0.25, -0.2) is 0 Å². The molecular formula is C39H38O6. The van der Waals surface area contributed by atoms with Gasteiger partial charge >= 0.3 is 0 Å². The van der Waals surface area contributed by atoms with Crippen molar-refractivity contribution in [2.45, 2.75) is 62.3 Å². The van der Waals surface area contributed by atoms with Crippen LogP contribution in [0.1, 0.15) is 76.5 Å². The van der Waals surface area contributed by atoms with Gasteiger partial charge in [0, 0.05) is 22.1 Å². The van der Waals surface area contributed by atoms with Crippen LogP contribution in [0.4, 0.5) is 0 Å². The molecule has 0 amide bonds. The molecule has 2 unspecified atom stereocenters. The lowest BCUT2D eigenvalue weighted by molar-refractivity contribution is -0.0835. The summed E-state index contributed by atoms with van der Waals surface area (Å²) >= 11 is 0. The van der Waals surface area contributed by atoms with Crippen LogP contribution >= 0.6 is 0 Å². The summed E-state index contributed by atoms with van der Waals surface area (Å²) in [5, 5.41) is 36.6. The molecule has 4 aliphatic rings. The minimum Gasteiger partial charge on any atom is -0.381 e. The Hall–Kier alpha value is -3.97. The van der Waals surface area contributed by atoms with Crippen LogP contribution in [0.25, 0.3) is 0 Å². The van der Waals surface area contributed by atoms with Crippen molar-refractivity contribution in [3.8, 4) is 0 Å². The van der Waals surface area contributed by atoms with Gasteiger partial charge in [0.15, 0.2) is 17.0 Å². The minimum atomic E-state index is -2.54. The molecule has 0 aromatic heterocycles. The van der Waals surface area contributed by atoms with Gasteiger partial charge in [-0.15, -0.1) is 0 Å². The number of aliphatic hydroxyl groups is 3. The molecule has 3 saturated carbocycles. The standard InChI is InChI=1S/C39H38O6/c1-36-21-19-29-30(32(36)20-22-37(36,43)33(40)25-11-5-2-6-12-25)18-17-28-23-38(44,34(41)26-13-7-3-8-14-26)39(45,24-31(28)29)35(42)27-15-9-4-10-16-27/h2-16,23-24,29-30,32,43-45H,17-22H2,1H3/t29-,30+,32-,36-,37+,38?,39?/m0/s1. The first-order valence-corrected chi connectivity index (χ1v) is 15.9. The lowest BCUT2D eigenvalue weighted by atomic mass is 9.51. The minimum absolute atomic E-state index is 0.0521. The van der Waals surface area contributed by atoms with Crippen LogP contribution in [0.5, 0.6) is 0 Å². The number of fused-ring (bicyclic) bond motifs is 5. The zero-order valence-electron chi connectivity index (χ0n) is 25.4. The molecule has 6 heteroatoms. The van der Waals surface area contributed by atoms with Crippen LogP contribution in [0.15, 0.2) is 114 Å². The normalized spacial score (nSPS) is 35.2. The number of ketones is 3. The highest BCUT2D eigenvalue weighted by Crippen LogP contribution is 2.65. The number of hydrogen-bond acceptors (Lipinski definition) is 6. The van der Waals surface area contributed by atoms with Crippen LogP contribution in [-0.2, 0) is 0 Å². The SMILES string of the molecule is C[C@]12CC[C@@H]3C4=CC(O)(C(=O)c5ccccc5)C(O)(C(=O)c5ccccc5)C=C4CC[C@H]3[C@@H]1CC[C@@]2(O)C(=O)c1ccccc1. The largest absolute Gasteiger partial charge is 0.381 e. The Balaban J connectivity index is 1.28. The van der Waals surface area contributed by atoms with Gasteiger partial charge in [0.05, 0.1) is 0 Å². The Morgan fingerprint density at radius 1 is 0.622 bits per heavy atom. The Morgan fingerprint density at radius 3 is 1.64 bits per heavy atom. The maximum Gasteiger partial charge on any atom is 0.202 e. The van der Waals surface area contributed by atoms with E-state index in [-0.39, 0.29) is 34.7 Å². The Labute approximate surface area is 263 Å². The Kier molecular flexibility index (Phi) is 6.97. The zero-order chi connectivity index (χ0) is 31.6. The van der Waals surface area contributed by atoms with Gasteiger partial charge in [0.25, 0.3) is 0 Å². The van der Waals surface area contributed by atoms with E-state index in [1.54, 1.807) is 72.8 Å². The number of carbonyl (C=O) groups is 3. The average Bonchev–Trinajstić information content (AvgIpc) is 3.36. The van der Waals surface area contributed by atoms with E-state index >= 15 is 0 Å². The molecule has 45 heavy (non-hydrogen) atoms. The highest BCUT2D eigenvalue weighted by molar-refractivity contribution is 6.14. The maximum absolute atomic E-state index is 14.1. The molecule has 6 nitrogen and oxygen atoms in total. The highest BCUT2D eigenvalue weighted by Gasteiger charge is 2.66. The van der Waals surface area contributed by atoms with Crippen molar-refractivity contribution >= 4 is 17.3 Å². The summed E-state index contributed by atoms with van der Waals surface area (Å²) < 4.78 is 0. The molecule has 3 aromatic carbocycles. The van der Waals surface area contributed by atoms with Crippen molar-refractivity contribution in [3.63, 3.8) is 0 Å². The fraction of sp³-hybridized carbons (Fsp3) is 0.359. The van der Waals surface area contributed by atoms with Gasteiger partial charge in [-0.2, -0.15) is 0 Å². The zero-order valence-corrected chi connectivity index (χ0v) is 25.4. The summed E-state index contributed by atoms with van der Waals surface area (Å²) in [6, 6.07) is 25.5. The molecule has 7 rings (SSSR count). The lowest BCUT2D eigenvalue weighted by Gasteiger charge is -2.54. The van der Waals surface area contributed by atoms with Gasteiger partial charge in [0.1, 0.15) is 5.60 Å². The monoisotopic (exact) mass is 602 g/mol. The van der Waals surface area contributed by atoms with Gasteiger partial charge in [0.2, 0.25) is 11.6 Å². The third-order valence-corrected chi connectivity index (χ3v) is 11.6. The summed E-state index contributed by atoms with van der Waals surface area (Å²) in [6.07, 6.45) is 6.52. The molecule has 0 aliphatic heterocycles. The smallest absolute Gasteiger partial charge is 0.202 e. The second kappa shape index (κ2) is 10.5. The van der Waals surface area contributed by atoms with E-state index in [0.717, 1.165) is 17.6 Å². The second-order valence-electron chi connectivity index (χ2n) is 13.7. The molecule has 0 spiro atoms. The van der Waals surface area contributed by atoms with Crippen LogP contribution in [0.2, 0.25) is 0 Å². The van der Waals surface area contributed by atoms with Crippen molar-refractivity contribution in [3.05, 3.63) is 131 Å². The number of Topliss-reactive ketones (excluding diaryl/α,β-unsaturated/α-hetero) is 3. The quantitative estimate of drug-likeness (QED) is 0.302. The third-order valence-electron chi connectivity index (χ3n) is 11.6. The van der Waals surface area contributed by atoms with Crippen molar-refractivity contribution in [2.24, 2.45) is 23.2 Å². The molecule has 0 saturated heterocycles. The molecule has 230 valence electrons. The van der Waals surface area contributed by atoms with E-state index < -0.39 is 33.8 Å². The molecule has 3 N–H and O–H groups in total. The first kappa shape index (κ1) is 29.7. The molecule has 7 atom stereocenters. The third kappa shape index (κ3) is 4.23. The van der Waals surface area contributed by atoms with E-state index in [4.69, 9.17) is 0 Å². The van der Waals surface area contributed by atoms with E-state index in [0.29, 0.717) is 37.7 Å². The van der Waals surface area contributed by atoms with Crippen LogP contribution in [0, 0.1) is 23.2 Å². The van der Waals surface area contributed by atoms with Crippen molar-refractivity contribution in [1.29, 1.82) is 0 Å². The summed E-state index contributed by atoms with van der Waals surface area (Å²) in [4.78, 5) is 41.9. The van der Waals surface area contributed by atoms with Crippen LogP contribution in [0.3, 0.4) is 0 Å². The van der Waals surface area contributed by atoms with E-state index in [9.17, 15) is 29.7 Å². The highest BCUT2D eigenvalue weighted by atomic mass is 16.4. The van der Waals surface area contributed by atoms with Gasteiger partial charge in [-0.3, -0.25) is 14.4 Å². The van der Waals surface area contributed by atoms with E-state index in [1.165, 1.54) is 12.2 Å². The first-order valence-electron chi connectivity index (χ1n) is 15.9. The molecular weight excluding hydrogens is 564 g/mol. The van der Waals surface area contributed by atoms with E-state index in [2.05, 4.69) is 6.92 Å². The van der Waals surface area contributed by atoms with E-state index in [1.807, 2.05) is 18.2 Å². The average molecular weight is 603 g/mol. The topological polar surface area (TPSA) is 112 Å². The number of carbonyl (C=O) groups excluding carboxylic acids is 3. The van der Waals surface area contributed by atoms with Gasteiger partial charge in [-0.05, 0) is 79.6 Å². The summed E-state index contributed by atoms with van der Waals surface area (Å²) in [5.74, 6) is -1.60. The second-order valence-corrected chi connectivity index (χ2v) is 13.7. The molecule has 3 aromatic rings. The summed E-state index contributed by atoms with van der Waals surface area (Å²) in [6.45, 7) is 2.05. The number of allylic oxidation sites excluding steroid dienone is 2. The Morgan fingerprint density at radius 2 is 1.11 bits per heavy atom. The van der Waals surface area contributed by atoms with Crippen molar-refractivity contribution in [1.82, 2.24) is 0 Å². The predicted octanol–water partition coefficient (Wildman–Crippen LogP) is 5.93. The molecule has 0 radical (unpaired) electrons. The molecule has 0 bridgehead atoms. The maximum atomic E-state index is 14.1. The van der Waals surface area contributed by atoms with Crippen molar-refractivity contribution < 1.29 is 29.7 Å². The Bertz CT molecular complexity index is 1730.